The van der Waals surface area contributed by atoms with Crippen molar-refractivity contribution in [1.29, 1.82) is 0 Å². The number of benzene rings is 3. The van der Waals surface area contributed by atoms with E-state index in [2.05, 4.69) is 142 Å². The molecule has 1 heteroatoms. The van der Waals surface area contributed by atoms with E-state index in [0.29, 0.717) is 11.3 Å². The van der Waals surface area contributed by atoms with E-state index in [0.717, 1.165) is 12.8 Å². The molecule has 0 nitrogen and oxygen atoms in total. The van der Waals surface area contributed by atoms with Crippen LogP contribution in [0.25, 0.3) is 11.1 Å². The molecule has 44 heavy (non-hydrogen) atoms. The summed E-state index contributed by atoms with van der Waals surface area (Å²) in [5.41, 5.74) is 12.0. The molecule has 0 saturated carbocycles. The third kappa shape index (κ3) is 11.7. The molecular weight excluding hydrogens is 608 g/mol. The third-order valence-electron chi connectivity index (χ3n) is 7.79. The summed E-state index contributed by atoms with van der Waals surface area (Å²) in [7, 11) is 0. The Morgan fingerprint density at radius 2 is 1.36 bits per heavy atom. The van der Waals surface area contributed by atoms with Gasteiger partial charge < -0.3 is 6.92 Å². The van der Waals surface area contributed by atoms with Gasteiger partial charge in [0.2, 0.25) is 0 Å². The molecule has 0 amide bonds. The van der Waals surface area contributed by atoms with E-state index in [1.165, 1.54) is 75.2 Å². The van der Waals surface area contributed by atoms with Gasteiger partial charge in [0.05, 0.1) is 0 Å². The Kier molecular flexibility index (Phi) is 16.5. The summed E-state index contributed by atoms with van der Waals surface area (Å²) in [6.45, 7) is 30.0. The van der Waals surface area contributed by atoms with E-state index in [1.54, 1.807) is 6.92 Å². The molecule has 0 N–H and O–H groups in total. The van der Waals surface area contributed by atoms with Crippen LogP contribution < -0.4 is 0 Å². The normalized spacial score (nSPS) is 14.8. The SMILES string of the molecule is CC(C)(C)c1c[c-]c2c(c1)-c1cc(C(C)(C)C)ccc1C2.CCC1=[C-]C(CC)C=C1C(C)(C)C.[CH2-]C.[CH2]=[Zr].[c-]1ccccc1. The van der Waals surface area contributed by atoms with Gasteiger partial charge in [-0.2, -0.15) is 84.3 Å². The number of allylic oxidation sites excluding steroid dienone is 4. The summed E-state index contributed by atoms with van der Waals surface area (Å²) in [6, 6.07) is 27.6. The van der Waals surface area contributed by atoms with Gasteiger partial charge in [-0.3, -0.25) is 6.08 Å². The summed E-state index contributed by atoms with van der Waals surface area (Å²) in [6.07, 6.45) is 9.31. The number of hydrogen-bond donors (Lipinski definition) is 0. The first-order valence-corrected chi connectivity index (χ1v) is 17.9. The van der Waals surface area contributed by atoms with Crippen molar-refractivity contribution in [2.75, 3.05) is 0 Å². The molecule has 0 aliphatic heterocycles. The Hall–Kier alpha value is -2.11. The maximum Gasteiger partial charge on any atom is -0.171 e. The molecule has 0 spiro atoms. The fraction of sp³-hybridized carbons (Fsp3) is 0.442. The van der Waals surface area contributed by atoms with Crippen molar-refractivity contribution in [3.05, 3.63) is 125 Å². The average molecular weight is 666 g/mol. The molecule has 5 rings (SSSR count). The Balaban J connectivity index is 0.000000357. The maximum absolute atomic E-state index is 3.57. The first-order chi connectivity index (χ1) is 20.6. The van der Waals surface area contributed by atoms with Gasteiger partial charge in [0, 0.05) is 0 Å². The summed E-state index contributed by atoms with van der Waals surface area (Å²) in [5.74, 6) is 0.573. The van der Waals surface area contributed by atoms with Gasteiger partial charge in [-0.25, -0.2) is 5.57 Å². The topological polar surface area (TPSA) is 0 Å². The molecule has 1 unspecified atom stereocenters. The van der Waals surface area contributed by atoms with Crippen LogP contribution in [0.3, 0.4) is 0 Å². The fourth-order valence-corrected chi connectivity index (χ4v) is 5.19. The van der Waals surface area contributed by atoms with Crippen molar-refractivity contribution in [2.24, 2.45) is 11.3 Å². The summed E-state index contributed by atoms with van der Waals surface area (Å²) in [4.78, 5) is 0. The number of rotatable bonds is 2. The molecular formula is C43H58Zr-4. The Labute approximate surface area is 287 Å². The van der Waals surface area contributed by atoms with Crippen LogP contribution in [0.2, 0.25) is 0 Å². The average Bonchev–Trinajstić information content (AvgIpc) is 3.61. The van der Waals surface area contributed by atoms with Gasteiger partial charge >= 0.3 is 28.4 Å². The van der Waals surface area contributed by atoms with Gasteiger partial charge in [-0.15, -0.1) is 5.56 Å². The molecule has 0 heterocycles. The molecule has 0 bridgehead atoms. The van der Waals surface area contributed by atoms with Crippen LogP contribution >= 0.6 is 0 Å². The third-order valence-corrected chi connectivity index (χ3v) is 7.79. The molecule has 3 aromatic carbocycles. The number of hydrogen-bond acceptors (Lipinski definition) is 0. The van der Waals surface area contributed by atoms with Crippen molar-refractivity contribution in [2.45, 2.75) is 113 Å². The second-order valence-electron chi connectivity index (χ2n) is 14.2. The maximum atomic E-state index is 3.57. The van der Waals surface area contributed by atoms with E-state index in [1.807, 2.05) is 30.3 Å². The van der Waals surface area contributed by atoms with Crippen molar-refractivity contribution in [3.63, 3.8) is 0 Å². The van der Waals surface area contributed by atoms with Crippen molar-refractivity contribution < 1.29 is 24.2 Å². The minimum absolute atomic E-state index is 0.177. The molecule has 238 valence electrons. The smallest absolute Gasteiger partial charge is 0.171 e. The van der Waals surface area contributed by atoms with E-state index in [9.17, 15) is 0 Å². The Bertz CT molecular complexity index is 1250. The minimum atomic E-state index is 0.177. The van der Waals surface area contributed by atoms with E-state index < -0.39 is 0 Å². The minimum Gasteiger partial charge on any atom is -0.184 e. The van der Waals surface area contributed by atoms with E-state index >= 15 is 0 Å². The summed E-state index contributed by atoms with van der Waals surface area (Å²) in [5, 5.41) is 0. The Morgan fingerprint density at radius 3 is 1.77 bits per heavy atom. The van der Waals surface area contributed by atoms with Crippen LogP contribution in [0.4, 0.5) is 0 Å². The second kappa shape index (κ2) is 18.1. The van der Waals surface area contributed by atoms with Crippen molar-refractivity contribution in [3.8, 4) is 11.1 Å². The largest absolute Gasteiger partial charge is 0.184 e. The molecule has 2 aliphatic carbocycles. The molecule has 0 radical (unpaired) electrons. The monoisotopic (exact) mass is 664 g/mol. The fourth-order valence-electron chi connectivity index (χ4n) is 5.19. The molecule has 3 aromatic rings. The van der Waals surface area contributed by atoms with Crippen LogP contribution in [0.1, 0.15) is 118 Å². The van der Waals surface area contributed by atoms with Crippen LogP contribution in [0.15, 0.2) is 77.9 Å². The zero-order chi connectivity index (χ0) is 33.7. The standard InChI is InChI=1S/C21H25.C13H21.C6H5.C2H5.CH2.Zr/c1-20(2,3)16-9-7-14-11-15-8-10-17(21(4,5)6)13-19(15)18(14)12-16;1-6-10-8-11(7-2)12(9-10)13(3,4)5;1-2-4-6-5-3-1;1-2;;/h7,9-10,12-13H,11H2,1-6H3;9-10H,6-7H2,1-5H3;1-5H;1H2,2H3;1H2;/q4*-1;;. The second-order valence-corrected chi connectivity index (χ2v) is 14.2. The van der Waals surface area contributed by atoms with Gasteiger partial charge in [-0.05, 0) is 17.4 Å². The Morgan fingerprint density at radius 1 is 0.795 bits per heavy atom. The van der Waals surface area contributed by atoms with Gasteiger partial charge in [0.25, 0.3) is 0 Å². The zero-order valence-corrected chi connectivity index (χ0v) is 32.4. The molecule has 0 fully saturated rings. The first-order valence-electron chi connectivity index (χ1n) is 16.2. The molecule has 0 aromatic heterocycles. The first kappa shape index (κ1) is 39.9. The van der Waals surface area contributed by atoms with Crippen LogP contribution in [-0.4, -0.2) is 4.21 Å². The molecule has 1 atom stereocenters. The zero-order valence-electron chi connectivity index (χ0n) is 30.0. The van der Waals surface area contributed by atoms with Crippen LogP contribution in [0, 0.1) is 36.5 Å². The summed E-state index contributed by atoms with van der Waals surface area (Å²) < 4.78 is 3.34. The van der Waals surface area contributed by atoms with Crippen molar-refractivity contribution >= 4 is 4.21 Å². The van der Waals surface area contributed by atoms with Gasteiger partial charge in [0.15, 0.2) is 0 Å². The quantitative estimate of drug-likeness (QED) is 0.187. The van der Waals surface area contributed by atoms with E-state index in [-0.39, 0.29) is 10.8 Å². The van der Waals surface area contributed by atoms with Crippen LogP contribution in [0.5, 0.6) is 0 Å². The van der Waals surface area contributed by atoms with Gasteiger partial charge in [0.1, 0.15) is 0 Å². The van der Waals surface area contributed by atoms with E-state index in [4.69, 9.17) is 0 Å². The molecule has 2 aliphatic rings. The number of fused-ring (bicyclic) bond motifs is 3. The van der Waals surface area contributed by atoms with Crippen molar-refractivity contribution in [1.82, 2.24) is 0 Å². The molecule has 0 saturated heterocycles. The predicted octanol–water partition coefficient (Wildman–Crippen LogP) is 12.1. The van der Waals surface area contributed by atoms with Crippen LogP contribution in [-0.2, 0) is 41.5 Å². The van der Waals surface area contributed by atoms with Gasteiger partial charge in [-0.1, -0.05) is 135 Å². The summed E-state index contributed by atoms with van der Waals surface area (Å²) >= 11 is 1.30. The predicted molar refractivity (Wildman–Crippen MR) is 193 cm³/mol.